The van der Waals surface area contributed by atoms with E-state index in [0.29, 0.717) is 7.11 Å². The highest BCUT2D eigenvalue weighted by Gasteiger charge is 2.61. The number of nitrogens with one attached hydrogen (secondary N) is 1. The van der Waals surface area contributed by atoms with E-state index in [1.165, 1.54) is 26.4 Å². The molecule has 140 valence electrons. The standard InChI is InChI=1S/C14H15ClF3NO6/c1-23-9-5-8(10(24-2)4-7(9)15)19-11(20)6-13(22,12(21)25-3)14(16,17)18/h4-5,22H,6H2,1-3H3,(H,19,20)/t13-/m1/s1. The van der Waals surface area contributed by atoms with E-state index in [2.05, 4.69) is 10.1 Å². The molecule has 1 aromatic rings. The number of aliphatic hydroxyl groups is 1. The van der Waals surface area contributed by atoms with Crippen molar-refractivity contribution in [3.05, 3.63) is 17.2 Å². The van der Waals surface area contributed by atoms with Gasteiger partial charge in [0.1, 0.15) is 11.5 Å². The zero-order valence-corrected chi connectivity index (χ0v) is 14.1. The van der Waals surface area contributed by atoms with Gasteiger partial charge in [0.25, 0.3) is 5.60 Å². The zero-order valence-electron chi connectivity index (χ0n) is 13.4. The summed E-state index contributed by atoms with van der Waals surface area (Å²) in [7, 11) is 3.19. The molecule has 1 rings (SSSR count). The highest BCUT2D eigenvalue weighted by Crippen LogP contribution is 2.37. The molecule has 0 spiro atoms. The van der Waals surface area contributed by atoms with Gasteiger partial charge >= 0.3 is 12.1 Å². The monoisotopic (exact) mass is 385 g/mol. The fraction of sp³-hybridized carbons (Fsp3) is 0.429. The molecule has 0 fully saturated rings. The number of amides is 1. The van der Waals surface area contributed by atoms with Crippen molar-refractivity contribution in [2.24, 2.45) is 0 Å². The summed E-state index contributed by atoms with van der Waals surface area (Å²) < 4.78 is 52.7. The predicted molar refractivity (Wildman–Crippen MR) is 80.8 cm³/mol. The molecule has 25 heavy (non-hydrogen) atoms. The third-order valence-electron chi connectivity index (χ3n) is 3.16. The maximum absolute atomic E-state index is 13.0. The van der Waals surface area contributed by atoms with Crippen LogP contribution in [0.15, 0.2) is 12.1 Å². The highest BCUT2D eigenvalue weighted by atomic mass is 35.5. The van der Waals surface area contributed by atoms with Gasteiger partial charge in [0.05, 0.1) is 38.5 Å². The molecule has 0 saturated heterocycles. The zero-order chi connectivity index (χ0) is 19.4. The summed E-state index contributed by atoms with van der Waals surface area (Å²) in [4.78, 5) is 23.2. The van der Waals surface area contributed by atoms with E-state index in [1.807, 2.05) is 0 Å². The highest BCUT2D eigenvalue weighted by molar-refractivity contribution is 6.32. The summed E-state index contributed by atoms with van der Waals surface area (Å²) in [6.07, 6.45) is -7.03. The van der Waals surface area contributed by atoms with Gasteiger partial charge in [0.15, 0.2) is 0 Å². The first-order valence-electron chi connectivity index (χ1n) is 6.59. The van der Waals surface area contributed by atoms with Crippen molar-refractivity contribution >= 4 is 29.2 Å². The Bertz CT molecular complexity index is 667. The van der Waals surface area contributed by atoms with E-state index in [1.54, 1.807) is 0 Å². The number of rotatable bonds is 6. The Kier molecular flexibility index (Phi) is 6.49. The fourth-order valence-electron chi connectivity index (χ4n) is 1.84. The lowest BCUT2D eigenvalue weighted by Crippen LogP contribution is -2.54. The smallest absolute Gasteiger partial charge is 0.428 e. The number of carbonyl (C=O) groups excluding carboxylic acids is 2. The van der Waals surface area contributed by atoms with Gasteiger partial charge in [-0.05, 0) is 0 Å². The number of carbonyl (C=O) groups is 2. The third-order valence-corrected chi connectivity index (χ3v) is 3.45. The molecule has 0 unspecified atom stereocenters. The van der Waals surface area contributed by atoms with Gasteiger partial charge < -0.3 is 24.6 Å². The molecule has 1 aromatic carbocycles. The first kappa shape index (κ1) is 20.8. The van der Waals surface area contributed by atoms with Crippen molar-refractivity contribution in [1.29, 1.82) is 0 Å². The first-order chi connectivity index (χ1) is 11.5. The van der Waals surface area contributed by atoms with Gasteiger partial charge in [-0.15, -0.1) is 0 Å². The number of anilines is 1. The average Bonchev–Trinajstić information content (AvgIpc) is 2.53. The number of alkyl halides is 3. The van der Waals surface area contributed by atoms with Crippen molar-refractivity contribution < 1.29 is 42.1 Å². The Morgan fingerprint density at radius 3 is 2.16 bits per heavy atom. The van der Waals surface area contributed by atoms with E-state index in [-0.39, 0.29) is 22.2 Å². The van der Waals surface area contributed by atoms with Crippen LogP contribution in [0.4, 0.5) is 18.9 Å². The van der Waals surface area contributed by atoms with Crippen molar-refractivity contribution in [2.75, 3.05) is 26.6 Å². The Hall–Kier alpha value is -2.20. The molecule has 0 aliphatic rings. The van der Waals surface area contributed by atoms with Crippen molar-refractivity contribution in [2.45, 2.75) is 18.2 Å². The second kappa shape index (κ2) is 7.79. The van der Waals surface area contributed by atoms with Crippen LogP contribution in [-0.2, 0) is 14.3 Å². The SMILES string of the molecule is COC(=O)[C@](O)(CC(=O)Nc1cc(OC)c(Cl)cc1OC)C(F)(F)F. The number of benzene rings is 1. The van der Waals surface area contributed by atoms with Crippen LogP contribution in [0, 0.1) is 0 Å². The summed E-state index contributed by atoms with van der Waals surface area (Å²) in [5, 5.41) is 11.8. The molecule has 0 radical (unpaired) electrons. The van der Waals surface area contributed by atoms with Gasteiger partial charge in [-0.3, -0.25) is 4.79 Å². The molecule has 7 nitrogen and oxygen atoms in total. The van der Waals surface area contributed by atoms with Crippen LogP contribution in [0.5, 0.6) is 11.5 Å². The van der Waals surface area contributed by atoms with Gasteiger partial charge in [-0.2, -0.15) is 13.2 Å². The maximum Gasteiger partial charge on any atom is 0.428 e. The molecule has 1 amide bonds. The second-order valence-corrected chi connectivity index (χ2v) is 5.17. The molecule has 0 aliphatic heterocycles. The lowest BCUT2D eigenvalue weighted by molar-refractivity contribution is -0.261. The normalized spacial score (nSPS) is 13.6. The number of hydrogen-bond acceptors (Lipinski definition) is 6. The fourth-order valence-corrected chi connectivity index (χ4v) is 2.07. The molecule has 2 N–H and O–H groups in total. The largest absolute Gasteiger partial charge is 0.495 e. The summed E-state index contributed by atoms with van der Waals surface area (Å²) in [6, 6.07) is 2.48. The number of methoxy groups -OCH3 is 3. The molecule has 11 heteroatoms. The molecular weight excluding hydrogens is 371 g/mol. The summed E-state index contributed by atoms with van der Waals surface area (Å²) >= 11 is 5.88. The third kappa shape index (κ3) is 4.45. The molecule has 0 saturated carbocycles. The van der Waals surface area contributed by atoms with Gasteiger partial charge in [-0.1, -0.05) is 11.6 Å². The molecule has 1 atom stereocenters. The van der Waals surface area contributed by atoms with Crippen molar-refractivity contribution in [3.8, 4) is 11.5 Å². The van der Waals surface area contributed by atoms with Crippen LogP contribution in [0.2, 0.25) is 5.02 Å². The maximum atomic E-state index is 13.0. The van der Waals surface area contributed by atoms with E-state index in [0.717, 1.165) is 0 Å². The molecule has 0 heterocycles. The Morgan fingerprint density at radius 1 is 1.16 bits per heavy atom. The predicted octanol–water partition coefficient (Wildman–Crippen LogP) is 2.15. The molecule has 0 aromatic heterocycles. The molecular formula is C14H15ClF3NO6. The quantitative estimate of drug-likeness (QED) is 0.729. The summed E-state index contributed by atoms with van der Waals surface area (Å²) in [6.45, 7) is 0. The van der Waals surface area contributed by atoms with Crippen LogP contribution in [0.1, 0.15) is 6.42 Å². The first-order valence-corrected chi connectivity index (χ1v) is 6.96. The van der Waals surface area contributed by atoms with Gasteiger partial charge in [-0.25, -0.2) is 4.79 Å². The van der Waals surface area contributed by atoms with E-state index in [9.17, 15) is 27.9 Å². The topological polar surface area (TPSA) is 94.1 Å². The second-order valence-electron chi connectivity index (χ2n) is 4.76. The van der Waals surface area contributed by atoms with Crippen LogP contribution in [-0.4, -0.2) is 50.1 Å². The van der Waals surface area contributed by atoms with Gasteiger partial charge in [0, 0.05) is 12.1 Å². The molecule has 0 bridgehead atoms. The van der Waals surface area contributed by atoms with E-state index < -0.39 is 30.1 Å². The number of halogens is 4. The number of hydrogen-bond donors (Lipinski definition) is 2. The van der Waals surface area contributed by atoms with Crippen LogP contribution in [0.25, 0.3) is 0 Å². The van der Waals surface area contributed by atoms with Crippen LogP contribution >= 0.6 is 11.6 Å². The van der Waals surface area contributed by atoms with E-state index >= 15 is 0 Å². The molecule has 0 aliphatic carbocycles. The summed E-state index contributed by atoms with van der Waals surface area (Å²) in [5.41, 5.74) is -4.06. The average molecular weight is 386 g/mol. The van der Waals surface area contributed by atoms with Crippen molar-refractivity contribution in [1.82, 2.24) is 0 Å². The number of ether oxygens (including phenoxy) is 3. The Morgan fingerprint density at radius 2 is 1.72 bits per heavy atom. The Balaban J connectivity index is 3.12. The van der Waals surface area contributed by atoms with Crippen LogP contribution in [0.3, 0.4) is 0 Å². The van der Waals surface area contributed by atoms with Crippen LogP contribution < -0.4 is 14.8 Å². The van der Waals surface area contributed by atoms with Crippen molar-refractivity contribution in [3.63, 3.8) is 0 Å². The van der Waals surface area contributed by atoms with Gasteiger partial charge in [0.2, 0.25) is 5.91 Å². The van der Waals surface area contributed by atoms with E-state index in [4.69, 9.17) is 21.1 Å². The number of esters is 1. The summed E-state index contributed by atoms with van der Waals surface area (Å²) in [5.74, 6) is -3.16. The lowest BCUT2D eigenvalue weighted by Gasteiger charge is -2.27. The minimum Gasteiger partial charge on any atom is -0.495 e. The minimum atomic E-state index is -5.42. The Labute approximate surface area is 145 Å². The minimum absolute atomic E-state index is 0.0350. The lowest BCUT2D eigenvalue weighted by atomic mass is 9.98.